The summed E-state index contributed by atoms with van der Waals surface area (Å²) in [5, 5.41) is 2.59. The Kier molecular flexibility index (Phi) is 7.47. The molecule has 3 aromatic rings. The lowest BCUT2D eigenvalue weighted by Gasteiger charge is -2.19. The van der Waals surface area contributed by atoms with Gasteiger partial charge in [0.25, 0.3) is 5.91 Å². The molecular weight excluding hydrogens is 472 g/mol. The van der Waals surface area contributed by atoms with Crippen LogP contribution < -0.4 is 11.0 Å². The summed E-state index contributed by atoms with van der Waals surface area (Å²) in [5.41, 5.74) is 1.86. The maximum atomic E-state index is 12.8. The number of rotatable bonds is 7. The summed E-state index contributed by atoms with van der Waals surface area (Å²) in [6, 6.07) is 11.1. The molecule has 2 heterocycles. The van der Waals surface area contributed by atoms with Gasteiger partial charge in [-0.05, 0) is 54.8 Å². The van der Waals surface area contributed by atoms with Crippen LogP contribution in [0.4, 0.5) is 5.69 Å². The molecule has 4 rings (SSSR count). The predicted molar refractivity (Wildman–Crippen MR) is 131 cm³/mol. The first-order valence-corrected chi connectivity index (χ1v) is 12.7. The van der Waals surface area contributed by atoms with Crippen LogP contribution in [0.1, 0.15) is 31.2 Å². The molecule has 0 bridgehead atoms. The van der Waals surface area contributed by atoms with E-state index in [2.05, 4.69) is 15.3 Å². The number of nitrogens with zero attached hydrogens (tertiary/aromatic N) is 1. The van der Waals surface area contributed by atoms with Crippen molar-refractivity contribution in [3.8, 4) is 0 Å². The molecule has 1 fully saturated rings. The van der Waals surface area contributed by atoms with Crippen molar-refractivity contribution in [1.82, 2.24) is 14.3 Å². The first kappa shape index (κ1) is 24.4. The van der Waals surface area contributed by atoms with Gasteiger partial charge in [-0.2, -0.15) is 4.31 Å². The van der Waals surface area contributed by atoms with Gasteiger partial charge in [0.1, 0.15) is 0 Å². The molecule has 0 atom stereocenters. The quantitative estimate of drug-likeness (QED) is 0.338. The number of aromatic nitrogens is 2. The van der Waals surface area contributed by atoms with E-state index in [4.69, 9.17) is 4.74 Å². The Morgan fingerprint density at radius 1 is 0.971 bits per heavy atom. The molecule has 1 aliphatic heterocycles. The lowest BCUT2D eigenvalue weighted by molar-refractivity contribution is -0.142. The molecule has 1 aliphatic rings. The van der Waals surface area contributed by atoms with Crippen molar-refractivity contribution in [2.24, 2.45) is 0 Å². The zero-order valence-corrected chi connectivity index (χ0v) is 19.8. The van der Waals surface area contributed by atoms with Gasteiger partial charge in [-0.25, -0.2) is 18.0 Å². The standard InChI is InChI=1S/C24H26N4O6S/c29-22(25-18-8-11-20-21(15-18)27-24(31)26-20)16-34-23(30)12-7-17-5-9-19(10-6-17)35(32,33)28-13-3-1-2-4-14-28/h5-12,15H,1-4,13-14,16H2,(H,25,29)(H2,26,27,31). The zero-order valence-electron chi connectivity index (χ0n) is 19.0. The van der Waals surface area contributed by atoms with E-state index in [-0.39, 0.29) is 10.6 Å². The second kappa shape index (κ2) is 10.7. The number of carbonyl (C=O) groups excluding carboxylic acids is 2. The topological polar surface area (TPSA) is 141 Å². The van der Waals surface area contributed by atoms with Gasteiger partial charge >= 0.3 is 11.7 Å². The van der Waals surface area contributed by atoms with Crippen molar-refractivity contribution < 1.29 is 22.7 Å². The highest BCUT2D eigenvalue weighted by atomic mass is 32.2. The largest absolute Gasteiger partial charge is 0.452 e. The van der Waals surface area contributed by atoms with Crippen LogP contribution in [0.2, 0.25) is 0 Å². The number of hydrogen-bond donors (Lipinski definition) is 3. The average molecular weight is 499 g/mol. The minimum Gasteiger partial charge on any atom is -0.452 e. The highest BCUT2D eigenvalue weighted by Crippen LogP contribution is 2.21. The molecule has 0 aliphatic carbocycles. The van der Waals surface area contributed by atoms with E-state index < -0.39 is 28.5 Å². The molecule has 0 saturated carbocycles. The van der Waals surface area contributed by atoms with Crippen LogP contribution in [-0.4, -0.2) is 54.3 Å². The summed E-state index contributed by atoms with van der Waals surface area (Å²) in [4.78, 5) is 40.8. The van der Waals surface area contributed by atoms with Crippen LogP contribution >= 0.6 is 0 Å². The molecular formula is C24H26N4O6S. The number of benzene rings is 2. The number of nitrogens with one attached hydrogen (secondary N) is 3. The second-order valence-corrected chi connectivity index (χ2v) is 10.2. The molecule has 10 nitrogen and oxygen atoms in total. The minimum absolute atomic E-state index is 0.220. The molecule has 3 N–H and O–H groups in total. The van der Waals surface area contributed by atoms with E-state index in [0.717, 1.165) is 25.7 Å². The second-order valence-electron chi connectivity index (χ2n) is 8.22. The molecule has 2 aromatic carbocycles. The van der Waals surface area contributed by atoms with Gasteiger partial charge in [-0.1, -0.05) is 25.0 Å². The molecule has 184 valence electrons. The monoisotopic (exact) mass is 498 g/mol. The SMILES string of the molecule is O=C(COC(=O)C=Cc1ccc(S(=O)(=O)N2CCCCCC2)cc1)Nc1ccc2[nH]c(=O)[nH]c2c1. The first-order chi connectivity index (χ1) is 16.8. The van der Waals surface area contributed by atoms with Gasteiger partial charge in [0.2, 0.25) is 10.0 Å². The van der Waals surface area contributed by atoms with Crippen LogP contribution in [-0.2, 0) is 24.3 Å². The summed E-state index contributed by atoms with van der Waals surface area (Å²) in [6.45, 7) is 0.575. The Hall–Kier alpha value is -3.70. The van der Waals surface area contributed by atoms with Gasteiger partial charge in [-0.3, -0.25) is 4.79 Å². The van der Waals surface area contributed by atoms with E-state index in [1.807, 2.05) is 0 Å². The Morgan fingerprint density at radius 3 is 2.37 bits per heavy atom. The molecule has 35 heavy (non-hydrogen) atoms. The number of aromatic amines is 2. The van der Waals surface area contributed by atoms with Crippen LogP contribution in [0.15, 0.2) is 58.2 Å². The van der Waals surface area contributed by atoms with Crippen molar-refractivity contribution in [2.75, 3.05) is 25.0 Å². The highest BCUT2D eigenvalue weighted by molar-refractivity contribution is 7.89. The summed E-state index contributed by atoms with van der Waals surface area (Å²) in [6.07, 6.45) is 6.46. The third kappa shape index (κ3) is 6.25. The Bertz CT molecular complexity index is 1400. The van der Waals surface area contributed by atoms with E-state index >= 15 is 0 Å². The zero-order chi connectivity index (χ0) is 24.8. The van der Waals surface area contributed by atoms with Crippen LogP contribution in [0.5, 0.6) is 0 Å². The number of esters is 1. The number of imidazole rings is 1. The number of sulfonamides is 1. The van der Waals surface area contributed by atoms with Gasteiger partial charge in [0, 0.05) is 24.9 Å². The van der Waals surface area contributed by atoms with Gasteiger partial charge in [0.05, 0.1) is 15.9 Å². The highest BCUT2D eigenvalue weighted by Gasteiger charge is 2.24. The summed E-state index contributed by atoms with van der Waals surface area (Å²) >= 11 is 0. The smallest absolute Gasteiger partial charge is 0.331 e. The molecule has 1 amide bonds. The Balaban J connectivity index is 1.28. The lowest BCUT2D eigenvalue weighted by Crippen LogP contribution is -2.31. The maximum Gasteiger partial charge on any atom is 0.331 e. The number of H-pyrrole nitrogens is 2. The van der Waals surface area contributed by atoms with Crippen molar-refractivity contribution in [2.45, 2.75) is 30.6 Å². The summed E-state index contributed by atoms with van der Waals surface area (Å²) in [7, 11) is -3.53. The van der Waals surface area contributed by atoms with Gasteiger partial charge in [-0.15, -0.1) is 0 Å². The third-order valence-corrected chi connectivity index (χ3v) is 7.55. The average Bonchev–Trinajstić information content (AvgIpc) is 3.02. The fourth-order valence-electron chi connectivity index (χ4n) is 3.84. The summed E-state index contributed by atoms with van der Waals surface area (Å²) < 4.78 is 32.2. The van der Waals surface area contributed by atoms with Crippen molar-refractivity contribution in [3.63, 3.8) is 0 Å². The van der Waals surface area contributed by atoms with E-state index in [0.29, 0.717) is 35.4 Å². The van der Waals surface area contributed by atoms with E-state index in [1.165, 1.54) is 28.6 Å². The van der Waals surface area contributed by atoms with E-state index in [1.54, 1.807) is 30.3 Å². The van der Waals surface area contributed by atoms with Gasteiger partial charge < -0.3 is 20.0 Å². The Morgan fingerprint density at radius 2 is 1.66 bits per heavy atom. The molecule has 0 spiro atoms. The van der Waals surface area contributed by atoms with Crippen LogP contribution in [0, 0.1) is 0 Å². The number of carbonyl (C=O) groups is 2. The Labute approximate surface area is 202 Å². The number of amides is 1. The summed E-state index contributed by atoms with van der Waals surface area (Å²) in [5.74, 6) is -1.25. The van der Waals surface area contributed by atoms with Crippen LogP contribution in [0.25, 0.3) is 17.1 Å². The first-order valence-electron chi connectivity index (χ1n) is 11.3. The molecule has 0 unspecified atom stereocenters. The predicted octanol–water partition coefficient (Wildman–Crippen LogP) is 2.62. The molecule has 1 saturated heterocycles. The van der Waals surface area contributed by atoms with Crippen molar-refractivity contribution in [1.29, 1.82) is 0 Å². The third-order valence-electron chi connectivity index (χ3n) is 5.64. The fourth-order valence-corrected chi connectivity index (χ4v) is 5.36. The van der Waals surface area contributed by atoms with Gasteiger partial charge in [0.15, 0.2) is 6.61 Å². The normalized spacial score (nSPS) is 15.2. The van der Waals surface area contributed by atoms with E-state index in [9.17, 15) is 22.8 Å². The number of anilines is 1. The minimum atomic E-state index is -3.53. The molecule has 0 radical (unpaired) electrons. The number of ether oxygens (including phenoxy) is 1. The maximum absolute atomic E-state index is 12.8. The number of fused-ring (bicyclic) bond motifs is 1. The molecule has 11 heteroatoms. The lowest BCUT2D eigenvalue weighted by atomic mass is 10.2. The van der Waals surface area contributed by atoms with Crippen LogP contribution in [0.3, 0.4) is 0 Å². The van der Waals surface area contributed by atoms with Crippen molar-refractivity contribution in [3.05, 3.63) is 64.6 Å². The fraction of sp³-hybridized carbons (Fsp3) is 0.292. The molecule has 1 aromatic heterocycles. The van der Waals surface area contributed by atoms with Crippen molar-refractivity contribution >= 4 is 44.7 Å². The number of hydrogen-bond acceptors (Lipinski definition) is 6.